The van der Waals surface area contributed by atoms with Gasteiger partial charge in [-0.15, -0.1) is 5.10 Å². The van der Waals surface area contributed by atoms with E-state index in [-0.39, 0.29) is 11.9 Å². The summed E-state index contributed by atoms with van der Waals surface area (Å²) < 4.78 is 26.0. The molecule has 10 heteroatoms. The molecule has 0 radical (unpaired) electrons. The van der Waals surface area contributed by atoms with Gasteiger partial charge in [0.05, 0.1) is 18.9 Å². The number of carbonyl (C=O) groups excluding carboxylic acids is 1. The van der Waals surface area contributed by atoms with Crippen molar-refractivity contribution in [3.8, 4) is 0 Å². The first-order valence-corrected chi connectivity index (χ1v) is 9.67. The molecule has 29 heavy (non-hydrogen) atoms. The quantitative estimate of drug-likeness (QED) is 0.596. The largest absolute Gasteiger partial charge is 0.399 e. The van der Waals surface area contributed by atoms with Crippen LogP contribution < -0.4 is 15.5 Å². The maximum atomic E-state index is 14.5. The van der Waals surface area contributed by atoms with Gasteiger partial charge in [-0.2, -0.15) is 0 Å². The predicted molar refractivity (Wildman–Crippen MR) is 109 cm³/mol. The topological polar surface area (TPSA) is 92.5 Å². The first kappa shape index (κ1) is 19.3. The zero-order valence-corrected chi connectivity index (χ0v) is 16.8. The van der Waals surface area contributed by atoms with Gasteiger partial charge in [0.1, 0.15) is 5.82 Å². The van der Waals surface area contributed by atoms with Crippen LogP contribution in [0, 0.1) is 5.82 Å². The van der Waals surface area contributed by atoms with Gasteiger partial charge in [-0.05, 0) is 36.4 Å². The van der Waals surface area contributed by atoms with E-state index in [1.54, 1.807) is 12.1 Å². The van der Waals surface area contributed by atoms with Gasteiger partial charge < -0.3 is 24.7 Å². The molecule has 3 aromatic rings. The van der Waals surface area contributed by atoms with Crippen molar-refractivity contribution >= 4 is 44.9 Å². The summed E-state index contributed by atoms with van der Waals surface area (Å²) in [5, 5.41) is 13.0. The Hall–Kier alpha value is -2.98. The molecule has 0 unspecified atom stereocenters. The van der Waals surface area contributed by atoms with E-state index < -0.39 is 11.7 Å². The Kier molecular flexibility index (Phi) is 5.72. The van der Waals surface area contributed by atoms with Gasteiger partial charge in [0.2, 0.25) is 0 Å². The summed E-state index contributed by atoms with van der Waals surface area (Å²) in [5.74, 6) is -1.29. The van der Waals surface area contributed by atoms with Crippen LogP contribution in [0.25, 0.3) is 0 Å². The highest BCUT2D eigenvalue weighted by atomic mass is 79.9. The van der Waals surface area contributed by atoms with Crippen LogP contribution in [0.5, 0.6) is 0 Å². The van der Waals surface area contributed by atoms with Gasteiger partial charge in [-0.25, -0.2) is 4.39 Å². The van der Waals surface area contributed by atoms with E-state index in [2.05, 4.69) is 36.8 Å². The van der Waals surface area contributed by atoms with Crippen LogP contribution >= 0.6 is 15.9 Å². The van der Waals surface area contributed by atoms with Crippen LogP contribution in [0.1, 0.15) is 10.7 Å². The number of amides is 1. The third kappa shape index (κ3) is 4.72. The average Bonchev–Trinajstić information content (AvgIpc) is 3.17. The molecular formula is C19H17BrFN5O3. The van der Waals surface area contributed by atoms with Gasteiger partial charge in [-0.1, -0.05) is 27.1 Å². The van der Waals surface area contributed by atoms with Crippen LogP contribution in [0.2, 0.25) is 0 Å². The number of morpholine rings is 1. The lowest BCUT2D eigenvalue weighted by molar-refractivity contribution is 0.0991. The van der Waals surface area contributed by atoms with E-state index in [4.69, 9.17) is 9.15 Å². The summed E-state index contributed by atoms with van der Waals surface area (Å²) in [5.41, 5.74) is 1.49. The third-order valence-corrected chi connectivity index (χ3v) is 4.75. The standard InChI is InChI=1S/C19H17BrFN5O3/c20-12-2-1-3-13(10-12)23-19-25-24-18(29-19)17(27)22-14-4-5-16(15(21)11-14)26-6-8-28-9-7-26/h1-5,10-11H,6-9H2,(H,22,27)(H,23,25). The smallest absolute Gasteiger partial charge is 0.320 e. The number of rotatable bonds is 5. The van der Waals surface area contributed by atoms with Gasteiger partial charge in [0, 0.05) is 28.9 Å². The van der Waals surface area contributed by atoms with Gasteiger partial charge >= 0.3 is 17.8 Å². The molecule has 2 N–H and O–H groups in total. The molecule has 1 saturated heterocycles. The highest BCUT2D eigenvalue weighted by molar-refractivity contribution is 9.10. The first-order valence-electron chi connectivity index (χ1n) is 8.88. The van der Waals surface area contributed by atoms with Gasteiger partial charge in [-0.3, -0.25) is 4.79 Å². The van der Waals surface area contributed by atoms with E-state index in [0.717, 1.165) is 10.2 Å². The molecule has 150 valence electrons. The summed E-state index contributed by atoms with van der Waals surface area (Å²) >= 11 is 3.37. The van der Waals surface area contributed by atoms with Crippen LogP contribution in [-0.2, 0) is 4.74 Å². The zero-order valence-electron chi connectivity index (χ0n) is 15.2. The number of carbonyl (C=O) groups is 1. The lowest BCUT2D eigenvalue weighted by Crippen LogP contribution is -2.36. The van der Waals surface area contributed by atoms with Crippen molar-refractivity contribution in [2.75, 3.05) is 41.8 Å². The summed E-state index contributed by atoms with van der Waals surface area (Å²) in [6.07, 6.45) is 0. The maximum Gasteiger partial charge on any atom is 0.320 e. The number of anilines is 4. The summed E-state index contributed by atoms with van der Waals surface area (Å²) in [7, 11) is 0. The molecule has 2 aromatic carbocycles. The van der Waals surface area contributed by atoms with E-state index in [1.807, 2.05) is 29.2 Å². The summed E-state index contributed by atoms with van der Waals surface area (Å²) in [6.45, 7) is 2.37. The molecule has 1 aromatic heterocycles. The Morgan fingerprint density at radius 2 is 1.93 bits per heavy atom. The minimum absolute atomic E-state index is 0.0714. The zero-order chi connectivity index (χ0) is 20.2. The molecule has 1 aliphatic heterocycles. The Balaban J connectivity index is 1.41. The number of ether oxygens (including phenoxy) is 1. The first-order chi connectivity index (χ1) is 14.1. The van der Waals surface area contributed by atoms with E-state index in [0.29, 0.717) is 37.7 Å². The molecule has 4 rings (SSSR count). The van der Waals surface area contributed by atoms with E-state index in [9.17, 15) is 9.18 Å². The maximum absolute atomic E-state index is 14.5. The van der Waals surface area contributed by atoms with Crippen LogP contribution in [-0.4, -0.2) is 42.4 Å². The molecule has 1 aliphatic rings. The lowest BCUT2D eigenvalue weighted by atomic mass is 10.2. The second kappa shape index (κ2) is 8.58. The lowest BCUT2D eigenvalue weighted by Gasteiger charge is -2.29. The summed E-state index contributed by atoms with van der Waals surface area (Å²) in [4.78, 5) is 14.2. The second-order valence-corrected chi connectivity index (χ2v) is 7.18. The number of aromatic nitrogens is 2. The molecular weight excluding hydrogens is 445 g/mol. The monoisotopic (exact) mass is 461 g/mol. The Morgan fingerprint density at radius 3 is 2.69 bits per heavy atom. The highest BCUT2D eigenvalue weighted by Gasteiger charge is 2.18. The highest BCUT2D eigenvalue weighted by Crippen LogP contribution is 2.24. The Labute approximate surface area is 174 Å². The number of nitrogens with one attached hydrogen (secondary N) is 2. The van der Waals surface area contributed by atoms with Crippen molar-refractivity contribution in [1.82, 2.24) is 10.2 Å². The number of hydrogen-bond acceptors (Lipinski definition) is 7. The molecule has 1 fully saturated rings. The number of nitrogens with zero attached hydrogens (tertiary/aromatic N) is 3. The molecule has 2 heterocycles. The fourth-order valence-electron chi connectivity index (χ4n) is 2.89. The summed E-state index contributed by atoms with van der Waals surface area (Å²) in [6, 6.07) is 11.9. The third-order valence-electron chi connectivity index (χ3n) is 4.25. The molecule has 0 spiro atoms. The van der Waals surface area contributed by atoms with Gasteiger partial charge in [0.15, 0.2) is 0 Å². The Morgan fingerprint density at radius 1 is 1.10 bits per heavy atom. The number of benzene rings is 2. The molecule has 8 nitrogen and oxygen atoms in total. The molecule has 0 bridgehead atoms. The average molecular weight is 462 g/mol. The van der Waals surface area contributed by atoms with Crippen molar-refractivity contribution in [3.63, 3.8) is 0 Å². The van der Waals surface area contributed by atoms with Crippen LogP contribution in [0.3, 0.4) is 0 Å². The van der Waals surface area contributed by atoms with Crippen molar-refractivity contribution in [2.45, 2.75) is 0 Å². The van der Waals surface area contributed by atoms with Crippen molar-refractivity contribution in [1.29, 1.82) is 0 Å². The van der Waals surface area contributed by atoms with Crippen molar-refractivity contribution in [2.24, 2.45) is 0 Å². The normalized spacial score (nSPS) is 13.9. The number of halogens is 2. The van der Waals surface area contributed by atoms with E-state index in [1.165, 1.54) is 6.07 Å². The van der Waals surface area contributed by atoms with Crippen molar-refractivity contribution in [3.05, 3.63) is 58.6 Å². The number of hydrogen-bond donors (Lipinski definition) is 2. The molecule has 0 saturated carbocycles. The minimum atomic E-state index is -0.627. The molecule has 0 atom stereocenters. The van der Waals surface area contributed by atoms with Gasteiger partial charge in [0.25, 0.3) is 0 Å². The SMILES string of the molecule is O=C(Nc1ccc(N2CCOCC2)c(F)c1)c1nnc(Nc2cccc(Br)c2)o1. The van der Waals surface area contributed by atoms with E-state index >= 15 is 0 Å². The fourth-order valence-corrected chi connectivity index (χ4v) is 3.28. The second-order valence-electron chi connectivity index (χ2n) is 6.27. The fraction of sp³-hybridized carbons (Fsp3) is 0.211. The van der Waals surface area contributed by atoms with Crippen LogP contribution in [0.4, 0.5) is 27.5 Å². The van der Waals surface area contributed by atoms with Crippen LogP contribution in [0.15, 0.2) is 51.4 Å². The molecule has 1 amide bonds. The molecule has 0 aliphatic carbocycles. The van der Waals surface area contributed by atoms with Crippen molar-refractivity contribution < 1.29 is 18.3 Å². The predicted octanol–water partition coefficient (Wildman–Crippen LogP) is 3.80. The Bertz CT molecular complexity index is 1020. The minimum Gasteiger partial charge on any atom is -0.399 e.